The topological polar surface area (TPSA) is 326 Å². The van der Waals surface area contributed by atoms with Gasteiger partial charge in [0.1, 0.15) is 29.4 Å². The average Bonchev–Trinajstić information content (AvgIpc) is 0.915. The van der Waals surface area contributed by atoms with Gasteiger partial charge in [0.2, 0.25) is 0 Å². The standard InChI is InChI=1S/C65H48O18S6/c66-84(67,68)55-32-31-39(49-12-1-2-13-54(49)55)33-45-27-24-41(51-15-6-19-57(62(45)51)86(72,73)74)35-47-29-26-43(53-17-8-21-59(64(47)53)88(78,79)80)37-48-30-25-42(52-16-7-22-60(65(48)52)89(81,82)83)36-46-28-23-40(50-14-5-20-58(63(46)50)87(75,76)77)34-44-11-3-9-38-10-4-18-56(61(38)44)85(69,70)71/h1-32H,33-37H2,(H,66,67,68)(H,69,70,71)(H,72,73,74)(H,75,76,77)(H,78,79,80)(H,81,82,83). The molecule has 0 heterocycles. The van der Waals surface area contributed by atoms with Crippen molar-refractivity contribution in [2.45, 2.75) is 61.5 Å². The van der Waals surface area contributed by atoms with Gasteiger partial charge in [0.25, 0.3) is 60.7 Å². The van der Waals surface area contributed by atoms with Crippen LogP contribution in [0.4, 0.5) is 0 Å². The summed E-state index contributed by atoms with van der Waals surface area (Å²) < 4.78 is 219. The van der Waals surface area contributed by atoms with E-state index in [4.69, 9.17) is 0 Å². The number of benzene rings is 12. The summed E-state index contributed by atoms with van der Waals surface area (Å²) >= 11 is 0. The van der Waals surface area contributed by atoms with Crippen molar-refractivity contribution < 1.29 is 77.8 Å². The van der Waals surface area contributed by atoms with Gasteiger partial charge in [-0.2, -0.15) is 50.5 Å². The van der Waals surface area contributed by atoms with Gasteiger partial charge in [-0.25, -0.2) is 0 Å². The summed E-state index contributed by atoms with van der Waals surface area (Å²) in [6.07, 6.45) is -0.266. The molecule has 0 spiro atoms. The Morgan fingerprint density at radius 2 is 0.416 bits per heavy atom. The number of hydrogen-bond donors (Lipinski definition) is 6. The fourth-order valence-electron chi connectivity index (χ4n) is 12.6. The van der Waals surface area contributed by atoms with Crippen molar-refractivity contribution in [3.05, 3.63) is 250 Å². The molecule has 0 aromatic heterocycles. The lowest BCUT2D eigenvalue weighted by molar-refractivity contribution is 0.482. The molecule has 0 saturated carbocycles. The largest absolute Gasteiger partial charge is 0.295 e. The second kappa shape index (κ2) is 22.3. The Hall–Kier alpha value is -8.34. The molecule has 0 unspecified atom stereocenters. The first-order chi connectivity index (χ1) is 41.9. The maximum atomic E-state index is 13.4. The van der Waals surface area contributed by atoms with E-state index in [0.29, 0.717) is 88.0 Å². The third kappa shape index (κ3) is 11.6. The summed E-state index contributed by atoms with van der Waals surface area (Å²) in [7, 11) is -29.2. The van der Waals surface area contributed by atoms with E-state index < -0.39 is 80.3 Å². The molecule has 12 aromatic carbocycles. The molecule has 12 rings (SSSR count). The van der Waals surface area contributed by atoms with Crippen LogP contribution >= 0.6 is 0 Å². The van der Waals surface area contributed by atoms with E-state index in [1.165, 1.54) is 78.9 Å². The molecule has 89 heavy (non-hydrogen) atoms. The SMILES string of the molecule is O=S(=O)(O)c1ccc(Cc2ccc(Cc3ccc(Cc4ccc(Cc5ccc(Cc6cccc7cccc(S(=O)(=O)O)c67)c6cccc(S(=O)(=O)O)c56)c5cccc(S(=O)(=O)O)c45)c4cccc(S(=O)(=O)O)c34)c3cccc(S(=O)(=O)O)c23)c2ccccc12. The molecule has 6 N–H and O–H groups in total. The zero-order valence-corrected chi connectivity index (χ0v) is 50.9. The van der Waals surface area contributed by atoms with Crippen molar-refractivity contribution in [3.63, 3.8) is 0 Å². The Bertz CT molecular complexity index is 5770. The summed E-state index contributed by atoms with van der Waals surface area (Å²) in [6, 6.07) is 48.9. The minimum Gasteiger partial charge on any atom is -0.282 e. The molecule has 12 aromatic rings. The van der Waals surface area contributed by atoms with E-state index in [0.717, 1.165) is 0 Å². The fourth-order valence-corrected chi connectivity index (χ4v) is 17.0. The molecular weight excluding hydrogens is 1260 g/mol. The molecule has 0 radical (unpaired) electrons. The fraction of sp³-hybridized carbons (Fsp3) is 0.0769. The van der Waals surface area contributed by atoms with Gasteiger partial charge in [-0.05, 0) is 156 Å². The lowest BCUT2D eigenvalue weighted by Gasteiger charge is -2.19. The molecule has 18 nitrogen and oxygen atoms in total. The smallest absolute Gasteiger partial charge is 0.282 e. The minimum absolute atomic E-state index is 0.00758. The van der Waals surface area contributed by atoms with Gasteiger partial charge in [-0.15, -0.1) is 0 Å². The van der Waals surface area contributed by atoms with Crippen molar-refractivity contribution in [2.24, 2.45) is 0 Å². The summed E-state index contributed by atoms with van der Waals surface area (Å²) in [5.41, 5.74) is 4.25. The van der Waals surface area contributed by atoms with Crippen LogP contribution in [-0.2, 0) is 92.8 Å². The Labute approximate surface area is 510 Å². The van der Waals surface area contributed by atoms with E-state index >= 15 is 0 Å². The van der Waals surface area contributed by atoms with E-state index in [-0.39, 0.29) is 74.2 Å². The lowest BCUT2D eigenvalue weighted by Crippen LogP contribution is -2.06. The van der Waals surface area contributed by atoms with Crippen LogP contribution in [0.15, 0.2) is 223 Å². The first-order valence-electron chi connectivity index (χ1n) is 27.0. The summed E-state index contributed by atoms with van der Waals surface area (Å²) in [5.74, 6) is 0. The highest BCUT2D eigenvalue weighted by Crippen LogP contribution is 2.41. The average molecular weight is 1310 g/mol. The van der Waals surface area contributed by atoms with Crippen LogP contribution in [0, 0.1) is 0 Å². The first-order valence-corrected chi connectivity index (χ1v) is 35.6. The molecule has 0 bridgehead atoms. The first kappa shape index (κ1) is 60.9. The van der Waals surface area contributed by atoms with Gasteiger partial charge < -0.3 is 0 Å². The van der Waals surface area contributed by atoms with Crippen LogP contribution in [0.2, 0.25) is 0 Å². The molecular formula is C65H48O18S6. The molecule has 0 aliphatic carbocycles. The molecule has 0 fully saturated rings. The van der Waals surface area contributed by atoms with Crippen LogP contribution in [0.25, 0.3) is 64.6 Å². The van der Waals surface area contributed by atoms with Crippen molar-refractivity contribution in [1.29, 1.82) is 0 Å². The zero-order valence-electron chi connectivity index (χ0n) is 46.0. The zero-order chi connectivity index (χ0) is 63.3. The normalized spacial score (nSPS) is 12.9. The van der Waals surface area contributed by atoms with Crippen LogP contribution in [0.1, 0.15) is 55.6 Å². The second-order valence-electron chi connectivity index (χ2n) is 21.5. The summed E-state index contributed by atoms with van der Waals surface area (Å²) in [4.78, 5) is -2.55. The predicted molar refractivity (Wildman–Crippen MR) is 337 cm³/mol. The van der Waals surface area contributed by atoms with Gasteiger partial charge in [-0.1, -0.05) is 158 Å². The third-order valence-corrected chi connectivity index (χ3v) is 21.6. The van der Waals surface area contributed by atoms with Crippen molar-refractivity contribution >= 4 is 125 Å². The molecule has 24 heteroatoms. The molecule has 0 atom stereocenters. The summed E-state index contributed by atoms with van der Waals surface area (Å²) in [5, 5.41) is 3.03. The molecule has 452 valence electrons. The van der Waals surface area contributed by atoms with Crippen molar-refractivity contribution in [3.8, 4) is 0 Å². The van der Waals surface area contributed by atoms with Crippen LogP contribution in [-0.4, -0.2) is 77.8 Å². The van der Waals surface area contributed by atoms with E-state index in [9.17, 15) is 77.8 Å². The van der Waals surface area contributed by atoms with E-state index in [2.05, 4.69) is 0 Å². The van der Waals surface area contributed by atoms with Gasteiger partial charge in [0.05, 0.1) is 0 Å². The second-order valence-corrected chi connectivity index (χ2v) is 29.9. The van der Waals surface area contributed by atoms with Crippen LogP contribution in [0.5, 0.6) is 0 Å². The number of rotatable bonds is 16. The molecule has 0 amide bonds. The Kier molecular flexibility index (Phi) is 15.3. The van der Waals surface area contributed by atoms with Crippen molar-refractivity contribution in [2.75, 3.05) is 0 Å². The van der Waals surface area contributed by atoms with Crippen LogP contribution in [0.3, 0.4) is 0 Å². The predicted octanol–water partition coefficient (Wildman–Crippen LogP) is 12.0. The van der Waals surface area contributed by atoms with Crippen molar-refractivity contribution in [1.82, 2.24) is 0 Å². The van der Waals surface area contributed by atoms with E-state index in [1.54, 1.807) is 115 Å². The Morgan fingerprint density at radius 3 is 0.730 bits per heavy atom. The van der Waals surface area contributed by atoms with Gasteiger partial charge in [0.15, 0.2) is 0 Å². The quantitative estimate of drug-likeness (QED) is 0.0490. The van der Waals surface area contributed by atoms with Gasteiger partial charge >= 0.3 is 0 Å². The van der Waals surface area contributed by atoms with Crippen LogP contribution < -0.4 is 0 Å². The maximum Gasteiger partial charge on any atom is 0.295 e. The van der Waals surface area contributed by atoms with E-state index in [1.807, 2.05) is 0 Å². The highest BCUT2D eigenvalue weighted by molar-refractivity contribution is 7.87. The molecule has 0 saturated heterocycles. The minimum atomic E-state index is -5.00. The number of fused-ring (bicyclic) bond motifs is 6. The highest BCUT2D eigenvalue weighted by atomic mass is 32.2. The highest BCUT2D eigenvalue weighted by Gasteiger charge is 2.27. The Balaban J connectivity index is 0.969. The van der Waals surface area contributed by atoms with Gasteiger partial charge in [0, 0.05) is 32.3 Å². The molecule has 0 aliphatic rings. The lowest BCUT2D eigenvalue weighted by atomic mass is 9.87. The monoisotopic (exact) mass is 1310 g/mol. The third-order valence-electron chi connectivity index (χ3n) is 16.2. The van der Waals surface area contributed by atoms with Gasteiger partial charge in [-0.3, -0.25) is 27.3 Å². The maximum absolute atomic E-state index is 13.4. The Morgan fingerprint density at radius 1 is 0.191 bits per heavy atom. The number of hydrogen-bond acceptors (Lipinski definition) is 12. The summed E-state index contributed by atoms with van der Waals surface area (Å²) in [6.45, 7) is 0. The molecule has 0 aliphatic heterocycles.